The van der Waals surface area contributed by atoms with E-state index < -0.39 is 0 Å². The van der Waals surface area contributed by atoms with Crippen LogP contribution in [0.15, 0.2) is 48.7 Å². The molecule has 0 unspecified atom stereocenters. The number of nitrogens with one attached hydrogen (secondary N) is 2. The maximum Gasteiger partial charge on any atom is 0.0737 e. The minimum Gasteiger partial charge on any atom is -0.382 e. The maximum absolute atomic E-state index is 6.27. The zero-order valence-corrected chi connectivity index (χ0v) is 20.1. The third-order valence-electron chi connectivity index (χ3n) is 5.39. The van der Waals surface area contributed by atoms with Gasteiger partial charge in [0.1, 0.15) is 0 Å². The maximum atomic E-state index is 6.27. The van der Waals surface area contributed by atoms with Crippen LogP contribution in [0.2, 0.25) is 15.1 Å². The second-order valence-corrected chi connectivity index (χ2v) is 8.61. The average Bonchev–Trinajstić information content (AvgIpc) is 2.68. The van der Waals surface area contributed by atoms with Gasteiger partial charge in [0.05, 0.1) is 5.52 Å². The van der Waals surface area contributed by atoms with Gasteiger partial charge in [0.15, 0.2) is 0 Å². The van der Waals surface area contributed by atoms with E-state index in [2.05, 4.69) is 15.6 Å². The van der Waals surface area contributed by atoms with Crippen molar-refractivity contribution in [2.45, 2.75) is 44.3 Å². The van der Waals surface area contributed by atoms with Crippen molar-refractivity contribution in [3.05, 3.63) is 69.3 Å². The minimum atomic E-state index is 0. The van der Waals surface area contributed by atoms with Gasteiger partial charge in [-0.05, 0) is 67.6 Å². The Kier molecular flexibility index (Phi) is 9.80. The van der Waals surface area contributed by atoms with Crippen molar-refractivity contribution in [2.75, 3.05) is 5.32 Å². The quantitative estimate of drug-likeness (QED) is 0.374. The third kappa shape index (κ3) is 6.29. The van der Waals surface area contributed by atoms with E-state index in [-0.39, 0.29) is 24.8 Å². The highest BCUT2D eigenvalue weighted by Gasteiger charge is 2.21. The van der Waals surface area contributed by atoms with E-state index in [9.17, 15) is 0 Å². The number of hydrogen-bond acceptors (Lipinski definition) is 3. The van der Waals surface area contributed by atoms with Crippen molar-refractivity contribution in [1.29, 1.82) is 0 Å². The van der Waals surface area contributed by atoms with Gasteiger partial charge in [0, 0.05) is 51.0 Å². The van der Waals surface area contributed by atoms with Crippen LogP contribution in [-0.2, 0) is 6.54 Å². The monoisotopic (exact) mass is 505 g/mol. The summed E-state index contributed by atoms with van der Waals surface area (Å²) in [5.41, 5.74) is 3.15. The van der Waals surface area contributed by atoms with Gasteiger partial charge < -0.3 is 10.6 Å². The van der Waals surface area contributed by atoms with Gasteiger partial charge >= 0.3 is 0 Å². The van der Waals surface area contributed by atoms with Crippen LogP contribution in [0.25, 0.3) is 10.9 Å². The summed E-state index contributed by atoms with van der Waals surface area (Å²) in [6.45, 7) is 0.772. The Hall–Kier alpha value is -0.940. The summed E-state index contributed by atoms with van der Waals surface area (Å²) >= 11 is 18.3. The van der Waals surface area contributed by atoms with Crippen LogP contribution in [0.1, 0.15) is 31.2 Å². The third-order valence-corrected chi connectivity index (χ3v) is 6.21. The van der Waals surface area contributed by atoms with Crippen LogP contribution < -0.4 is 10.6 Å². The predicted molar refractivity (Wildman–Crippen MR) is 134 cm³/mol. The second-order valence-electron chi connectivity index (χ2n) is 7.33. The predicted octanol–water partition coefficient (Wildman–Crippen LogP) is 7.55. The smallest absolute Gasteiger partial charge is 0.0737 e. The topological polar surface area (TPSA) is 37.0 Å². The lowest BCUT2D eigenvalue weighted by atomic mass is 9.90. The van der Waals surface area contributed by atoms with E-state index in [1.807, 2.05) is 42.6 Å². The zero-order valence-electron chi connectivity index (χ0n) is 16.2. The number of halogens is 5. The number of hydrogen-bond donors (Lipinski definition) is 2. The molecule has 2 aromatic carbocycles. The lowest BCUT2D eigenvalue weighted by Gasteiger charge is -2.30. The first-order valence-corrected chi connectivity index (χ1v) is 10.7. The van der Waals surface area contributed by atoms with Crippen LogP contribution in [0.5, 0.6) is 0 Å². The molecular formula is C22H24Cl5N3. The Labute approximate surface area is 204 Å². The SMILES string of the molecule is Cl.Cl.Clc1ccc(CNC2CCC(Nc3ccnc4cc(Cl)ccc34)CC2)c(Cl)c1. The van der Waals surface area contributed by atoms with Crippen LogP contribution in [0.4, 0.5) is 5.69 Å². The largest absolute Gasteiger partial charge is 0.382 e. The zero-order chi connectivity index (χ0) is 19.5. The number of aromatic nitrogens is 1. The minimum absolute atomic E-state index is 0. The normalized spacial score (nSPS) is 18.4. The van der Waals surface area contributed by atoms with Gasteiger partial charge in [-0.1, -0.05) is 40.9 Å². The van der Waals surface area contributed by atoms with Gasteiger partial charge in [0.2, 0.25) is 0 Å². The number of fused-ring (bicyclic) bond motifs is 1. The molecule has 1 aliphatic rings. The first-order valence-electron chi connectivity index (χ1n) is 9.56. The number of rotatable bonds is 5. The molecule has 1 heterocycles. The van der Waals surface area contributed by atoms with Crippen molar-refractivity contribution >= 4 is 76.2 Å². The number of nitrogens with zero attached hydrogens (tertiary/aromatic N) is 1. The molecule has 0 radical (unpaired) electrons. The second kappa shape index (κ2) is 11.6. The molecule has 4 rings (SSSR count). The Morgan fingerprint density at radius 1 is 0.833 bits per heavy atom. The van der Waals surface area contributed by atoms with E-state index in [1.54, 1.807) is 6.07 Å². The van der Waals surface area contributed by atoms with Gasteiger partial charge in [-0.3, -0.25) is 4.98 Å². The van der Waals surface area contributed by atoms with Gasteiger partial charge in [-0.2, -0.15) is 0 Å². The molecule has 0 aliphatic heterocycles. The van der Waals surface area contributed by atoms with Crippen LogP contribution in [0, 0.1) is 0 Å². The van der Waals surface area contributed by atoms with Crippen molar-refractivity contribution in [1.82, 2.24) is 10.3 Å². The number of pyridine rings is 1. The molecule has 0 bridgehead atoms. The van der Waals surface area contributed by atoms with Crippen LogP contribution >= 0.6 is 59.6 Å². The van der Waals surface area contributed by atoms with Gasteiger partial charge in [-0.15, -0.1) is 24.8 Å². The van der Waals surface area contributed by atoms with Crippen molar-refractivity contribution in [3.8, 4) is 0 Å². The molecule has 1 aromatic heterocycles. The molecule has 2 N–H and O–H groups in total. The Morgan fingerprint density at radius 2 is 1.50 bits per heavy atom. The van der Waals surface area contributed by atoms with Crippen LogP contribution in [0.3, 0.4) is 0 Å². The van der Waals surface area contributed by atoms with E-state index >= 15 is 0 Å². The fourth-order valence-electron chi connectivity index (χ4n) is 3.83. The fourth-order valence-corrected chi connectivity index (χ4v) is 4.47. The highest BCUT2D eigenvalue weighted by atomic mass is 35.5. The molecule has 0 amide bonds. The Balaban J connectivity index is 0.00000160. The first kappa shape index (κ1) is 25.3. The summed E-state index contributed by atoms with van der Waals surface area (Å²) in [7, 11) is 0. The molecular weight excluding hydrogens is 484 g/mol. The summed E-state index contributed by atoms with van der Waals surface area (Å²) < 4.78 is 0. The van der Waals surface area contributed by atoms with Crippen LogP contribution in [-0.4, -0.2) is 17.1 Å². The summed E-state index contributed by atoms with van der Waals surface area (Å²) in [5.74, 6) is 0. The highest BCUT2D eigenvalue weighted by Crippen LogP contribution is 2.28. The summed E-state index contributed by atoms with van der Waals surface area (Å²) in [6.07, 6.45) is 6.37. The summed E-state index contributed by atoms with van der Waals surface area (Å²) in [5, 5.41) is 10.6. The lowest BCUT2D eigenvalue weighted by Crippen LogP contribution is -2.36. The Morgan fingerprint density at radius 3 is 2.23 bits per heavy atom. The average molecular weight is 508 g/mol. The standard InChI is InChI=1S/C22H22Cl3N3.2ClH/c23-15-2-1-14(20(25)11-15)13-27-17-4-6-18(7-5-17)28-21-9-10-26-22-12-16(24)3-8-19(21)22;;/h1-3,8-12,17-18,27H,4-7,13H2,(H,26,28);2*1H. The molecule has 3 aromatic rings. The van der Waals surface area contributed by atoms with Gasteiger partial charge in [-0.25, -0.2) is 0 Å². The van der Waals surface area contributed by atoms with Gasteiger partial charge in [0.25, 0.3) is 0 Å². The molecule has 0 saturated heterocycles. The molecule has 3 nitrogen and oxygen atoms in total. The van der Waals surface area contributed by atoms with E-state index in [4.69, 9.17) is 34.8 Å². The number of anilines is 1. The summed E-state index contributed by atoms with van der Waals surface area (Å²) in [4.78, 5) is 4.42. The van der Waals surface area contributed by atoms with Crippen molar-refractivity contribution in [2.24, 2.45) is 0 Å². The molecule has 1 aliphatic carbocycles. The molecule has 0 spiro atoms. The lowest BCUT2D eigenvalue weighted by molar-refractivity contribution is 0.353. The van der Waals surface area contributed by atoms with Crippen molar-refractivity contribution in [3.63, 3.8) is 0 Å². The molecule has 1 fully saturated rings. The molecule has 30 heavy (non-hydrogen) atoms. The van der Waals surface area contributed by atoms with E-state index in [0.717, 1.165) is 59.4 Å². The van der Waals surface area contributed by atoms with Crippen molar-refractivity contribution < 1.29 is 0 Å². The van der Waals surface area contributed by atoms with E-state index in [0.29, 0.717) is 22.1 Å². The molecule has 8 heteroatoms. The first-order chi connectivity index (χ1) is 13.6. The fraction of sp³-hybridized carbons (Fsp3) is 0.318. The Bertz CT molecular complexity index is 974. The number of benzene rings is 2. The molecule has 0 atom stereocenters. The molecule has 1 saturated carbocycles. The van der Waals surface area contributed by atoms with E-state index in [1.165, 1.54) is 0 Å². The molecule has 162 valence electrons. The summed E-state index contributed by atoms with van der Waals surface area (Å²) in [6, 6.07) is 14.6. The highest BCUT2D eigenvalue weighted by molar-refractivity contribution is 6.35.